The van der Waals surface area contributed by atoms with Crippen molar-refractivity contribution >= 4 is 10.0 Å². The van der Waals surface area contributed by atoms with Crippen LogP contribution in [0.5, 0.6) is 5.75 Å². The van der Waals surface area contributed by atoms with Gasteiger partial charge in [0.2, 0.25) is 10.0 Å². The van der Waals surface area contributed by atoms with Crippen LogP contribution in [0.1, 0.15) is 24.1 Å². The highest BCUT2D eigenvalue weighted by Gasteiger charge is 2.33. The fourth-order valence-corrected chi connectivity index (χ4v) is 4.30. The molecular formula is C19H22F3N3O3S. The molecule has 1 fully saturated rings. The van der Waals surface area contributed by atoms with Crippen LogP contribution in [-0.4, -0.2) is 28.1 Å². The summed E-state index contributed by atoms with van der Waals surface area (Å²) >= 11 is 0. The summed E-state index contributed by atoms with van der Waals surface area (Å²) in [5, 5.41) is 0. The summed E-state index contributed by atoms with van der Waals surface area (Å²) in [6, 6.07) is 11.0. The Kier molecular flexibility index (Phi) is 6.47. The van der Waals surface area contributed by atoms with Gasteiger partial charge in [-0.1, -0.05) is 18.2 Å². The monoisotopic (exact) mass is 429 g/mol. The van der Waals surface area contributed by atoms with Crippen molar-refractivity contribution in [1.29, 1.82) is 0 Å². The van der Waals surface area contributed by atoms with Gasteiger partial charge in [0.25, 0.3) is 0 Å². The van der Waals surface area contributed by atoms with E-state index in [2.05, 4.69) is 15.6 Å². The van der Waals surface area contributed by atoms with E-state index in [0.29, 0.717) is 19.2 Å². The lowest BCUT2D eigenvalue weighted by Gasteiger charge is -2.20. The molecule has 2 aromatic carbocycles. The Morgan fingerprint density at radius 1 is 1.17 bits per heavy atom. The van der Waals surface area contributed by atoms with Gasteiger partial charge in [-0.15, -0.1) is 0 Å². The Labute approximate surface area is 167 Å². The molecular weight excluding hydrogens is 407 g/mol. The van der Waals surface area contributed by atoms with E-state index in [-0.39, 0.29) is 18.5 Å². The third-order valence-corrected chi connectivity index (χ3v) is 6.07. The molecule has 1 heterocycles. The van der Waals surface area contributed by atoms with Crippen LogP contribution in [0, 0.1) is 5.92 Å². The van der Waals surface area contributed by atoms with Gasteiger partial charge >= 0.3 is 6.18 Å². The average molecular weight is 429 g/mol. The molecule has 0 radical (unpaired) electrons. The van der Waals surface area contributed by atoms with Crippen molar-refractivity contribution in [1.82, 2.24) is 15.6 Å². The molecule has 0 spiro atoms. The van der Waals surface area contributed by atoms with Gasteiger partial charge in [0.15, 0.2) is 0 Å². The Morgan fingerprint density at radius 3 is 2.55 bits per heavy atom. The quantitative estimate of drug-likeness (QED) is 0.631. The number of nitrogens with one attached hydrogen (secondary N) is 3. The van der Waals surface area contributed by atoms with E-state index >= 15 is 0 Å². The molecule has 3 N–H and O–H groups in total. The van der Waals surface area contributed by atoms with Gasteiger partial charge in [-0.05, 0) is 42.8 Å². The number of benzene rings is 2. The Morgan fingerprint density at radius 2 is 1.90 bits per heavy atom. The predicted molar refractivity (Wildman–Crippen MR) is 102 cm³/mol. The fraction of sp³-hybridized carbons (Fsp3) is 0.368. The minimum absolute atomic E-state index is 0.0659. The van der Waals surface area contributed by atoms with Crippen LogP contribution < -0.4 is 20.3 Å². The predicted octanol–water partition coefficient (Wildman–Crippen LogP) is 2.85. The second-order valence-electron chi connectivity index (χ2n) is 6.64. The topological polar surface area (TPSA) is 79.5 Å². The van der Waals surface area contributed by atoms with Crippen molar-refractivity contribution in [3.63, 3.8) is 0 Å². The highest BCUT2D eigenvalue weighted by atomic mass is 32.2. The van der Waals surface area contributed by atoms with E-state index in [1.54, 1.807) is 0 Å². The van der Waals surface area contributed by atoms with Crippen LogP contribution in [0.3, 0.4) is 0 Å². The molecule has 1 aliphatic rings. The SMILES string of the molecule is CCOc1ccc(C2NNCC2CNS(=O)(=O)c2cccc(C(F)(F)F)c2)cc1. The molecule has 2 aromatic rings. The van der Waals surface area contributed by atoms with Crippen LogP contribution in [0.4, 0.5) is 13.2 Å². The van der Waals surface area contributed by atoms with Crippen molar-refractivity contribution in [3.05, 3.63) is 59.7 Å². The Balaban J connectivity index is 1.69. The van der Waals surface area contributed by atoms with Gasteiger partial charge in [0.05, 0.1) is 23.1 Å². The molecule has 158 valence electrons. The first-order valence-corrected chi connectivity index (χ1v) is 10.6. The highest BCUT2D eigenvalue weighted by molar-refractivity contribution is 7.89. The molecule has 2 unspecified atom stereocenters. The fourth-order valence-electron chi connectivity index (χ4n) is 3.16. The number of hydrogen-bond donors (Lipinski definition) is 3. The summed E-state index contributed by atoms with van der Waals surface area (Å²) in [4.78, 5) is -0.413. The first kappa shape index (κ1) is 21.6. The van der Waals surface area contributed by atoms with E-state index in [4.69, 9.17) is 4.74 Å². The standard InChI is InChI=1S/C19H22F3N3O3S/c1-2-28-16-8-6-13(7-9-16)18-14(11-23-25-18)12-24-29(26,27)17-5-3-4-15(10-17)19(20,21)22/h3-10,14,18,23-25H,2,11-12H2,1H3. The minimum Gasteiger partial charge on any atom is -0.494 e. The second kappa shape index (κ2) is 8.70. The number of halogens is 3. The molecule has 2 atom stereocenters. The maximum absolute atomic E-state index is 12.9. The largest absolute Gasteiger partial charge is 0.494 e. The van der Waals surface area contributed by atoms with Crippen LogP contribution in [0.2, 0.25) is 0 Å². The number of rotatable bonds is 7. The minimum atomic E-state index is -4.61. The first-order chi connectivity index (χ1) is 13.7. The zero-order valence-corrected chi connectivity index (χ0v) is 16.5. The number of ether oxygens (including phenoxy) is 1. The molecule has 0 amide bonds. The van der Waals surface area contributed by atoms with Crippen LogP contribution in [-0.2, 0) is 16.2 Å². The van der Waals surface area contributed by atoms with E-state index in [0.717, 1.165) is 29.5 Å². The van der Waals surface area contributed by atoms with E-state index in [1.807, 2.05) is 31.2 Å². The third kappa shape index (κ3) is 5.27. The van der Waals surface area contributed by atoms with E-state index < -0.39 is 26.7 Å². The van der Waals surface area contributed by atoms with Crippen molar-refractivity contribution in [2.45, 2.75) is 24.0 Å². The highest BCUT2D eigenvalue weighted by Crippen LogP contribution is 2.31. The van der Waals surface area contributed by atoms with Crippen LogP contribution in [0.25, 0.3) is 0 Å². The van der Waals surface area contributed by atoms with Crippen molar-refractivity contribution < 1.29 is 26.3 Å². The first-order valence-electron chi connectivity index (χ1n) is 9.09. The molecule has 10 heteroatoms. The lowest BCUT2D eigenvalue weighted by Crippen LogP contribution is -2.33. The zero-order chi connectivity index (χ0) is 21.1. The van der Waals surface area contributed by atoms with Crippen molar-refractivity contribution in [3.8, 4) is 5.75 Å². The van der Waals surface area contributed by atoms with Gasteiger partial charge in [-0.2, -0.15) is 13.2 Å². The summed E-state index contributed by atoms with van der Waals surface area (Å²) in [6.45, 7) is 3.02. The van der Waals surface area contributed by atoms with E-state index in [9.17, 15) is 21.6 Å². The summed E-state index contributed by atoms with van der Waals surface area (Å²) < 4.78 is 71.4. The van der Waals surface area contributed by atoms with E-state index in [1.165, 1.54) is 0 Å². The molecule has 0 saturated carbocycles. The number of sulfonamides is 1. The smallest absolute Gasteiger partial charge is 0.416 e. The number of hydrazine groups is 1. The van der Waals surface area contributed by atoms with Crippen LogP contribution in [0.15, 0.2) is 53.4 Å². The van der Waals surface area contributed by atoms with Gasteiger partial charge in [0, 0.05) is 19.0 Å². The third-order valence-electron chi connectivity index (χ3n) is 4.65. The normalized spacial score (nSPS) is 20.0. The Hall–Kier alpha value is -2.14. The number of alkyl halides is 3. The molecule has 1 aliphatic heterocycles. The van der Waals surface area contributed by atoms with Crippen LogP contribution >= 0.6 is 0 Å². The maximum atomic E-state index is 12.9. The summed E-state index contributed by atoms with van der Waals surface area (Å²) in [5.74, 6) is 0.609. The van der Waals surface area contributed by atoms with Crippen molar-refractivity contribution in [2.24, 2.45) is 5.92 Å². The molecule has 3 rings (SSSR count). The average Bonchev–Trinajstić information content (AvgIpc) is 3.15. The second-order valence-corrected chi connectivity index (χ2v) is 8.41. The molecule has 0 aliphatic carbocycles. The van der Waals surface area contributed by atoms with Gasteiger partial charge in [-0.25, -0.2) is 18.6 Å². The Bertz CT molecular complexity index is 934. The molecule has 1 saturated heterocycles. The maximum Gasteiger partial charge on any atom is 0.416 e. The lowest BCUT2D eigenvalue weighted by molar-refractivity contribution is -0.137. The van der Waals surface area contributed by atoms with Gasteiger partial charge in [0.1, 0.15) is 5.75 Å². The molecule has 6 nitrogen and oxygen atoms in total. The molecule has 0 aromatic heterocycles. The summed E-state index contributed by atoms with van der Waals surface area (Å²) in [5.41, 5.74) is 6.05. The van der Waals surface area contributed by atoms with Gasteiger partial charge < -0.3 is 4.74 Å². The summed E-state index contributed by atoms with van der Waals surface area (Å²) in [6.07, 6.45) is -4.61. The van der Waals surface area contributed by atoms with Crippen molar-refractivity contribution in [2.75, 3.05) is 19.7 Å². The zero-order valence-electron chi connectivity index (χ0n) is 15.7. The van der Waals surface area contributed by atoms with Gasteiger partial charge in [-0.3, -0.25) is 5.43 Å². The summed E-state index contributed by atoms with van der Waals surface area (Å²) in [7, 11) is -4.08. The number of hydrogen-bond acceptors (Lipinski definition) is 5. The molecule has 29 heavy (non-hydrogen) atoms. The molecule has 0 bridgehead atoms. The lowest BCUT2D eigenvalue weighted by atomic mass is 9.95.